The number of nitrogens with zero attached hydrogens (tertiary/aromatic N) is 2. The molecule has 0 amide bonds. The van der Waals surface area contributed by atoms with Crippen LogP contribution in [-0.2, 0) is 4.79 Å². The summed E-state index contributed by atoms with van der Waals surface area (Å²) in [5.41, 5.74) is 1.85. The van der Waals surface area contributed by atoms with E-state index < -0.39 is 5.97 Å². The highest BCUT2D eigenvalue weighted by Gasteiger charge is 2.11. The number of pyridine rings is 1. The number of aliphatic carboxylic acids is 1. The number of hydrogen-bond donors (Lipinski definition) is 1. The molecule has 0 saturated heterocycles. The Morgan fingerprint density at radius 3 is 2.78 bits per heavy atom. The SMILES string of the molecule is CCC(C)N(C)c1ncc(/C=C/C(=O)O)cc1C. The monoisotopic (exact) mass is 248 g/mol. The zero-order valence-electron chi connectivity index (χ0n) is 11.3. The molecule has 0 aliphatic heterocycles. The Hall–Kier alpha value is -1.84. The van der Waals surface area contributed by atoms with Crippen molar-refractivity contribution in [1.29, 1.82) is 0 Å². The van der Waals surface area contributed by atoms with E-state index in [2.05, 4.69) is 23.7 Å². The van der Waals surface area contributed by atoms with Crippen LogP contribution in [0.1, 0.15) is 31.4 Å². The lowest BCUT2D eigenvalue weighted by Crippen LogP contribution is -2.29. The van der Waals surface area contributed by atoms with E-state index in [-0.39, 0.29) is 0 Å². The van der Waals surface area contributed by atoms with Crippen molar-refractivity contribution < 1.29 is 9.90 Å². The van der Waals surface area contributed by atoms with Gasteiger partial charge in [0, 0.05) is 25.4 Å². The first kappa shape index (κ1) is 14.2. The van der Waals surface area contributed by atoms with Crippen molar-refractivity contribution in [2.75, 3.05) is 11.9 Å². The molecule has 98 valence electrons. The molecule has 0 aliphatic carbocycles. The Kier molecular flexibility index (Phi) is 4.89. The smallest absolute Gasteiger partial charge is 0.328 e. The topological polar surface area (TPSA) is 53.4 Å². The van der Waals surface area contributed by atoms with Gasteiger partial charge in [-0.15, -0.1) is 0 Å². The highest BCUT2D eigenvalue weighted by Crippen LogP contribution is 2.20. The first-order chi connectivity index (χ1) is 8.45. The number of rotatable bonds is 5. The Morgan fingerprint density at radius 2 is 2.28 bits per heavy atom. The average Bonchev–Trinajstić information content (AvgIpc) is 2.34. The van der Waals surface area contributed by atoms with E-state index >= 15 is 0 Å². The average molecular weight is 248 g/mol. The van der Waals surface area contributed by atoms with Crippen molar-refractivity contribution in [3.8, 4) is 0 Å². The van der Waals surface area contributed by atoms with E-state index in [0.29, 0.717) is 6.04 Å². The Balaban J connectivity index is 2.96. The molecule has 0 radical (unpaired) electrons. The van der Waals surface area contributed by atoms with Crippen LogP contribution in [0.2, 0.25) is 0 Å². The fraction of sp³-hybridized carbons (Fsp3) is 0.429. The van der Waals surface area contributed by atoms with E-state index in [0.717, 1.165) is 29.4 Å². The number of aromatic nitrogens is 1. The Bertz CT molecular complexity index is 455. The lowest BCUT2D eigenvalue weighted by atomic mass is 10.1. The molecule has 1 N–H and O–H groups in total. The maximum absolute atomic E-state index is 10.4. The zero-order valence-corrected chi connectivity index (χ0v) is 11.3. The fourth-order valence-corrected chi connectivity index (χ4v) is 1.70. The summed E-state index contributed by atoms with van der Waals surface area (Å²) in [6, 6.07) is 2.37. The number of carboxylic acid groups (broad SMARTS) is 1. The van der Waals surface area contributed by atoms with Crippen LogP contribution in [0.3, 0.4) is 0 Å². The molecule has 0 aliphatic rings. The second-order valence-corrected chi connectivity index (χ2v) is 4.45. The number of aryl methyl sites for hydroxylation is 1. The van der Waals surface area contributed by atoms with Gasteiger partial charge < -0.3 is 10.0 Å². The van der Waals surface area contributed by atoms with Crippen molar-refractivity contribution in [3.63, 3.8) is 0 Å². The second kappa shape index (κ2) is 6.19. The number of anilines is 1. The number of carboxylic acids is 1. The predicted molar refractivity (Wildman–Crippen MR) is 73.8 cm³/mol. The molecule has 0 bridgehead atoms. The summed E-state index contributed by atoms with van der Waals surface area (Å²) >= 11 is 0. The largest absolute Gasteiger partial charge is 0.478 e. The van der Waals surface area contributed by atoms with Crippen LogP contribution < -0.4 is 4.90 Å². The summed E-state index contributed by atoms with van der Waals surface area (Å²) in [5, 5.41) is 8.58. The van der Waals surface area contributed by atoms with Gasteiger partial charge in [-0.3, -0.25) is 0 Å². The lowest BCUT2D eigenvalue weighted by molar-refractivity contribution is -0.131. The predicted octanol–water partition coefficient (Wildman–Crippen LogP) is 2.72. The Morgan fingerprint density at radius 1 is 1.61 bits per heavy atom. The molecule has 4 nitrogen and oxygen atoms in total. The van der Waals surface area contributed by atoms with Crippen molar-refractivity contribution in [2.24, 2.45) is 0 Å². The highest BCUT2D eigenvalue weighted by molar-refractivity contribution is 5.85. The van der Waals surface area contributed by atoms with E-state index in [1.54, 1.807) is 12.3 Å². The zero-order chi connectivity index (χ0) is 13.7. The van der Waals surface area contributed by atoms with Gasteiger partial charge in [0.25, 0.3) is 0 Å². The summed E-state index contributed by atoms with van der Waals surface area (Å²) < 4.78 is 0. The van der Waals surface area contributed by atoms with Gasteiger partial charge in [-0.1, -0.05) is 6.92 Å². The van der Waals surface area contributed by atoms with Crippen LogP contribution in [0.25, 0.3) is 6.08 Å². The fourth-order valence-electron chi connectivity index (χ4n) is 1.70. The van der Waals surface area contributed by atoms with E-state index in [1.165, 1.54) is 0 Å². The van der Waals surface area contributed by atoms with Crippen LogP contribution in [0.5, 0.6) is 0 Å². The van der Waals surface area contributed by atoms with Gasteiger partial charge in [-0.2, -0.15) is 0 Å². The van der Waals surface area contributed by atoms with Gasteiger partial charge in [0.05, 0.1) is 0 Å². The summed E-state index contributed by atoms with van der Waals surface area (Å²) in [5.74, 6) is -0.00900. The van der Waals surface area contributed by atoms with Crippen LogP contribution in [-0.4, -0.2) is 29.1 Å². The van der Waals surface area contributed by atoms with Gasteiger partial charge in [0.1, 0.15) is 5.82 Å². The number of carbonyl (C=O) groups is 1. The number of hydrogen-bond acceptors (Lipinski definition) is 3. The van der Waals surface area contributed by atoms with Gasteiger partial charge in [-0.25, -0.2) is 9.78 Å². The first-order valence-corrected chi connectivity index (χ1v) is 6.06. The van der Waals surface area contributed by atoms with E-state index in [1.807, 2.05) is 20.0 Å². The summed E-state index contributed by atoms with van der Waals surface area (Å²) in [6.07, 6.45) is 5.42. The normalized spacial score (nSPS) is 12.7. The third-order valence-electron chi connectivity index (χ3n) is 3.08. The molecule has 1 unspecified atom stereocenters. The van der Waals surface area contributed by atoms with Crippen LogP contribution in [0, 0.1) is 6.92 Å². The molecule has 0 aromatic carbocycles. The van der Waals surface area contributed by atoms with E-state index in [4.69, 9.17) is 5.11 Å². The van der Waals surface area contributed by atoms with Gasteiger partial charge in [0.15, 0.2) is 0 Å². The van der Waals surface area contributed by atoms with Crippen molar-refractivity contribution in [3.05, 3.63) is 29.5 Å². The van der Waals surface area contributed by atoms with E-state index in [9.17, 15) is 4.79 Å². The molecular formula is C14H20N2O2. The lowest BCUT2D eigenvalue weighted by Gasteiger charge is -2.26. The third-order valence-corrected chi connectivity index (χ3v) is 3.08. The summed E-state index contributed by atoms with van der Waals surface area (Å²) in [6.45, 7) is 6.28. The summed E-state index contributed by atoms with van der Waals surface area (Å²) in [4.78, 5) is 17.0. The molecule has 1 heterocycles. The minimum atomic E-state index is -0.951. The molecule has 18 heavy (non-hydrogen) atoms. The molecule has 4 heteroatoms. The van der Waals surface area contributed by atoms with Crippen molar-refractivity contribution in [2.45, 2.75) is 33.2 Å². The molecule has 1 atom stereocenters. The maximum Gasteiger partial charge on any atom is 0.328 e. The minimum absolute atomic E-state index is 0.427. The molecule has 1 rings (SSSR count). The summed E-state index contributed by atoms with van der Waals surface area (Å²) in [7, 11) is 2.02. The van der Waals surface area contributed by atoms with Crippen LogP contribution in [0.4, 0.5) is 5.82 Å². The molecular weight excluding hydrogens is 228 g/mol. The quantitative estimate of drug-likeness (QED) is 0.814. The molecule has 1 aromatic heterocycles. The Labute approximate surface area is 108 Å². The highest BCUT2D eigenvalue weighted by atomic mass is 16.4. The first-order valence-electron chi connectivity index (χ1n) is 6.06. The second-order valence-electron chi connectivity index (χ2n) is 4.45. The molecule has 0 saturated carbocycles. The third kappa shape index (κ3) is 3.58. The van der Waals surface area contributed by atoms with Crippen LogP contribution in [0.15, 0.2) is 18.3 Å². The van der Waals surface area contributed by atoms with Gasteiger partial charge in [0.2, 0.25) is 0 Å². The van der Waals surface area contributed by atoms with Crippen molar-refractivity contribution >= 4 is 17.9 Å². The maximum atomic E-state index is 10.4. The van der Waals surface area contributed by atoms with Crippen LogP contribution >= 0.6 is 0 Å². The standard InChI is InChI=1S/C14H20N2O2/c1-5-11(3)16(4)14-10(2)8-12(9-15-14)6-7-13(17)18/h6-9,11H,5H2,1-4H3,(H,17,18)/b7-6+. The molecule has 0 spiro atoms. The molecule has 1 aromatic rings. The van der Waals surface area contributed by atoms with Gasteiger partial charge >= 0.3 is 5.97 Å². The van der Waals surface area contributed by atoms with Gasteiger partial charge in [-0.05, 0) is 43.5 Å². The molecule has 0 fully saturated rings. The minimum Gasteiger partial charge on any atom is -0.478 e. The van der Waals surface area contributed by atoms with Crippen molar-refractivity contribution in [1.82, 2.24) is 4.98 Å².